The van der Waals surface area contributed by atoms with E-state index < -0.39 is 0 Å². The second-order valence-electron chi connectivity index (χ2n) is 2.55. The SMILES string of the molecule is CONC(=O)C[CH]c1ccccc1. The van der Waals surface area contributed by atoms with Crippen molar-refractivity contribution >= 4 is 5.91 Å². The van der Waals surface area contributed by atoms with Gasteiger partial charge in [0.2, 0.25) is 5.91 Å². The number of hydroxylamine groups is 1. The molecular formula is C10H12NO2. The van der Waals surface area contributed by atoms with E-state index in [1.807, 2.05) is 36.8 Å². The van der Waals surface area contributed by atoms with Gasteiger partial charge in [-0.2, -0.15) is 0 Å². The molecule has 0 aliphatic heterocycles. The Kier molecular flexibility index (Phi) is 3.99. The van der Waals surface area contributed by atoms with Gasteiger partial charge in [-0.3, -0.25) is 9.63 Å². The highest BCUT2D eigenvalue weighted by atomic mass is 16.6. The smallest absolute Gasteiger partial charge is 0.244 e. The van der Waals surface area contributed by atoms with Gasteiger partial charge in [-0.1, -0.05) is 30.3 Å². The molecule has 0 saturated carbocycles. The first-order valence-corrected chi connectivity index (χ1v) is 4.03. The molecule has 0 saturated heterocycles. The molecule has 1 aromatic carbocycles. The van der Waals surface area contributed by atoms with E-state index in [1.165, 1.54) is 7.11 Å². The van der Waals surface area contributed by atoms with E-state index >= 15 is 0 Å². The normalized spacial score (nSPS) is 9.62. The molecule has 1 radical (unpaired) electrons. The lowest BCUT2D eigenvalue weighted by Crippen LogP contribution is -2.21. The van der Waals surface area contributed by atoms with Crippen molar-refractivity contribution in [1.82, 2.24) is 5.48 Å². The highest BCUT2D eigenvalue weighted by Crippen LogP contribution is 2.04. The summed E-state index contributed by atoms with van der Waals surface area (Å²) < 4.78 is 0. The first-order chi connectivity index (χ1) is 6.33. The van der Waals surface area contributed by atoms with Crippen LogP contribution in [-0.2, 0) is 9.63 Å². The molecule has 0 spiro atoms. The largest absolute Gasteiger partial charge is 0.277 e. The minimum absolute atomic E-state index is 0.147. The Bertz CT molecular complexity index is 259. The molecule has 3 heteroatoms. The van der Waals surface area contributed by atoms with Gasteiger partial charge in [-0.25, -0.2) is 5.48 Å². The zero-order valence-electron chi connectivity index (χ0n) is 7.49. The summed E-state index contributed by atoms with van der Waals surface area (Å²) in [5.41, 5.74) is 3.28. The second-order valence-corrected chi connectivity index (χ2v) is 2.55. The van der Waals surface area contributed by atoms with Crippen LogP contribution < -0.4 is 5.48 Å². The molecule has 0 aliphatic carbocycles. The van der Waals surface area contributed by atoms with Gasteiger partial charge in [0.05, 0.1) is 7.11 Å². The third-order valence-corrected chi connectivity index (χ3v) is 1.54. The number of benzene rings is 1. The van der Waals surface area contributed by atoms with Gasteiger partial charge in [0.1, 0.15) is 0 Å². The van der Waals surface area contributed by atoms with Gasteiger partial charge in [-0.15, -0.1) is 0 Å². The molecule has 13 heavy (non-hydrogen) atoms. The number of hydrogen-bond acceptors (Lipinski definition) is 2. The van der Waals surface area contributed by atoms with Crippen LogP contribution >= 0.6 is 0 Å². The third kappa shape index (κ3) is 3.71. The fraction of sp³-hybridized carbons (Fsp3) is 0.200. The lowest BCUT2D eigenvalue weighted by molar-refractivity contribution is -0.130. The van der Waals surface area contributed by atoms with Crippen molar-refractivity contribution in [2.45, 2.75) is 6.42 Å². The molecular weight excluding hydrogens is 166 g/mol. The predicted molar refractivity (Wildman–Crippen MR) is 49.6 cm³/mol. The summed E-state index contributed by atoms with van der Waals surface area (Å²) in [6.45, 7) is 0. The molecule has 69 valence electrons. The van der Waals surface area contributed by atoms with Crippen molar-refractivity contribution in [3.05, 3.63) is 42.3 Å². The van der Waals surface area contributed by atoms with Crippen molar-refractivity contribution in [3.63, 3.8) is 0 Å². The molecule has 0 bridgehead atoms. The Balaban J connectivity index is 2.31. The van der Waals surface area contributed by atoms with E-state index in [4.69, 9.17) is 0 Å². The van der Waals surface area contributed by atoms with E-state index in [2.05, 4.69) is 10.3 Å². The molecule has 1 N–H and O–H groups in total. The summed E-state index contributed by atoms with van der Waals surface area (Å²) in [4.78, 5) is 15.4. The Morgan fingerprint density at radius 2 is 2.15 bits per heavy atom. The van der Waals surface area contributed by atoms with E-state index in [0.717, 1.165) is 5.56 Å². The van der Waals surface area contributed by atoms with Crippen LogP contribution in [0, 0.1) is 6.42 Å². The minimum Gasteiger partial charge on any atom is -0.277 e. The molecule has 0 atom stereocenters. The van der Waals surface area contributed by atoms with Crippen molar-refractivity contribution < 1.29 is 9.63 Å². The number of rotatable bonds is 4. The number of carbonyl (C=O) groups excluding carboxylic acids is 1. The first kappa shape index (κ1) is 9.74. The van der Waals surface area contributed by atoms with Crippen molar-refractivity contribution in [2.75, 3.05) is 7.11 Å². The zero-order valence-corrected chi connectivity index (χ0v) is 7.49. The summed E-state index contributed by atoms with van der Waals surface area (Å²) in [7, 11) is 1.42. The van der Waals surface area contributed by atoms with Gasteiger partial charge in [0, 0.05) is 12.8 Å². The average Bonchev–Trinajstić information content (AvgIpc) is 2.17. The first-order valence-electron chi connectivity index (χ1n) is 4.03. The van der Waals surface area contributed by atoms with Crippen LogP contribution in [0.4, 0.5) is 0 Å². The van der Waals surface area contributed by atoms with Crippen LogP contribution in [0.25, 0.3) is 0 Å². The summed E-state index contributed by atoms with van der Waals surface area (Å²) in [6.07, 6.45) is 2.17. The molecule has 0 aliphatic rings. The summed E-state index contributed by atoms with van der Waals surface area (Å²) in [5, 5.41) is 0. The monoisotopic (exact) mass is 178 g/mol. The van der Waals surface area contributed by atoms with Crippen molar-refractivity contribution in [2.24, 2.45) is 0 Å². The number of hydrogen-bond donors (Lipinski definition) is 1. The highest BCUT2D eigenvalue weighted by Gasteiger charge is 2.00. The predicted octanol–water partition coefficient (Wildman–Crippen LogP) is 1.31. The zero-order chi connectivity index (χ0) is 9.52. The summed E-state index contributed by atoms with van der Waals surface area (Å²) in [6, 6.07) is 9.69. The number of nitrogens with one attached hydrogen (secondary N) is 1. The molecule has 1 aromatic rings. The summed E-state index contributed by atoms with van der Waals surface area (Å²) >= 11 is 0. The van der Waals surface area contributed by atoms with Gasteiger partial charge in [-0.05, 0) is 5.56 Å². The molecule has 0 aromatic heterocycles. The second kappa shape index (κ2) is 5.32. The average molecular weight is 178 g/mol. The van der Waals surface area contributed by atoms with Gasteiger partial charge in [0.15, 0.2) is 0 Å². The van der Waals surface area contributed by atoms with Crippen LogP contribution in [0.5, 0.6) is 0 Å². The molecule has 0 heterocycles. The maximum atomic E-state index is 10.9. The standard InChI is InChI=1S/C10H12NO2/c1-13-11-10(12)8-7-9-5-3-2-4-6-9/h2-7H,8H2,1H3,(H,11,12). The fourth-order valence-corrected chi connectivity index (χ4v) is 0.955. The van der Waals surface area contributed by atoms with Crippen LogP contribution in [0.3, 0.4) is 0 Å². The molecule has 3 nitrogen and oxygen atoms in total. The fourth-order valence-electron chi connectivity index (χ4n) is 0.955. The lowest BCUT2D eigenvalue weighted by Gasteiger charge is -2.01. The maximum absolute atomic E-state index is 10.9. The molecule has 0 fully saturated rings. The van der Waals surface area contributed by atoms with E-state index in [0.29, 0.717) is 6.42 Å². The Morgan fingerprint density at radius 3 is 2.77 bits per heavy atom. The number of carbonyl (C=O) groups is 1. The van der Waals surface area contributed by atoms with Gasteiger partial charge >= 0.3 is 0 Å². The van der Waals surface area contributed by atoms with Crippen molar-refractivity contribution in [3.8, 4) is 0 Å². The Morgan fingerprint density at radius 1 is 1.46 bits per heavy atom. The minimum atomic E-state index is -0.147. The molecule has 1 rings (SSSR count). The van der Waals surface area contributed by atoms with E-state index in [1.54, 1.807) is 0 Å². The quantitative estimate of drug-likeness (QED) is 0.706. The third-order valence-electron chi connectivity index (χ3n) is 1.54. The summed E-state index contributed by atoms with van der Waals surface area (Å²) in [5.74, 6) is -0.147. The van der Waals surface area contributed by atoms with Crippen LogP contribution in [-0.4, -0.2) is 13.0 Å². The molecule has 1 amide bonds. The maximum Gasteiger partial charge on any atom is 0.244 e. The molecule has 0 unspecified atom stereocenters. The Hall–Kier alpha value is -1.35. The van der Waals surface area contributed by atoms with Gasteiger partial charge < -0.3 is 0 Å². The topological polar surface area (TPSA) is 38.3 Å². The number of amides is 1. The highest BCUT2D eigenvalue weighted by molar-refractivity contribution is 5.76. The van der Waals surface area contributed by atoms with Crippen LogP contribution in [0.1, 0.15) is 12.0 Å². The van der Waals surface area contributed by atoms with Crippen LogP contribution in [0.15, 0.2) is 30.3 Å². The van der Waals surface area contributed by atoms with Gasteiger partial charge in [0.25, 0.3) is 0 Å². The van der Waals surface area contributed by atoms with E-state index in [9.17, 15) is 4.79 Å². The van der Waals surface area contributed by atoms with E-state index in [-0.39, 0.29) is 5.91 Å². The lowest BCUT2D eigenvalue weighted by atomic mass is 10.1. The van der Waals surface area contributed by atoms with Crippen LogP contribution in [0.2, 0.25) is 0 Å². The van der Waals surface area contributed by atoms with Crippen molar-refractivity contribution in [1.29, 1.82) is 0 Å². The Labute approximate surface area is 77.7 Å².